The molecule has 0 fully saturated rings. The van der Waals surface area contributed by atoms with E-state index in [1.165, 1.54) is 6.08 Å². The third-order valence-corrected chi connectivity index (χ3v) is 2.64. The molecule has 0 saturated heterocycles. The molecule has 1 aliphatic carbocycles. The lowest BCUT2D eigenvalue weighted by Gasteiger charge is -2.28. The summed E-state index contributed by atoms with van der Waals surface area (Å²) >= 11 is 0. The monoisotopic (exact) mass is 290 g/mol. The first-order chi connectivity index (χ1) is 7.49. The maximum atomic E-state index is 9.47. The van der Waals surface area contributed by atoms with Gasteiger partial charge in [-0.05, 0) is 29.3 Å². The van der Waals surface area contributed by atoms with E-state index in [-0.39, 0.29) is 36.3 Å². The Labute approximate surface area is 118 Å². The molecular formula is C12H16Cl2N2O2. The van der Waals surface area contributed by atoms with Crippen molar-refractivity contribution in [3.63, 3.8) is 0 Å². The van der Waals surface area contributed by atoms with Crippen molar-refractivity contribution in [2.24, 2.45) is 11.5 Å². The van der Waals surface area contributed by atoms with Crippen LogP contribution >= 0.6 is 24.8 Å². The predicted molar refractivity (Wildman–Crippen MR) is 77.0 cm³/mol. The zero-order chi connectivity index (χ0) is 11.8. The molecular weight excluding hydrogens is 275 g/mol. The number of nitrogens with two attached hydrogens (primary N) is 2. The molecule has 1 aliphatic rings. The number of aliphatic hydroxyl groups excluding tert-OH is 1. The molecule has 1 aromatic rings. The van der Waals surface area contributed by atoms with Crippen LogP contribution in [0.25, 0.3) is 5.57 Å². The fraction of sp³-hybridized carbons (Fsp3) is 0.167. The molecule has 0 aromatic heterocycles. The quantitative estimate of drug-likeness (QED) is 0.596. The summed E-state index contributed by atoms with van der Waals surface area (Å²) in [5, 5.41) is 18.7. The number of aromatic hydroxyl groups is 1. The van der Waals surface area contributed by atoms with Gasteiger partial charge < -0.3 is 21.7 Å². The Morgan fingerprint density at radius 2 is 1.50 bits per heavy atom. The predicted octanol–water partition coefficient (Wildman–Crippen LogP) is 2.08. The molecule has 0 amide bonds. The average molecular weight is 291 g/mol. The Hall–Kier alpha value is -1.20. The Balaban J connectivity index is 0.00000144. The highest BCUT2D eigenvalue weighted by Gasteiger charge is 2.28. The van der Waals surface area contributed by atoms with Crippen molar-refractivity contribution in [2.45, 2.75) is 12.1 Å². The van der Waals surface area contributed by atoms with Crippen LogP contribution in [0.5, 0.6) is 5.75 Å². The first-order valence-corrected chi connectivity index (χ1v) is 4.96. The van der Waals surface area contributed by atoms with Crippen molar-refractivity contribution in [3.05, 3.63) is 47.7 Å². The minimum atomic E-state index is -1.21. The number of hydrogen-bond donors (Lipinski definition) is 4. The summed E-state index contributed by atoms with van der Waals surface area (Å²) in [5.74, 6) is 0.195. The molecule has 0 spiro atoms. The summed E-state index contributed by atoms with van der Waals surface area (Å²) in [6.45, 7) is 0. The summed E-state index contributed by atoms with van der Waals surface area (Å²) < 4.78 is 0. The molecule has 0 saturated carbocycles. The summed E-state index contributed by atoms with van der Waals surface area (Å²) in [6.07, 6.45) is 3.64. The zero-order valence-electron chi connectivity index (χ0n) is 9.54. The third kappa shape index (κ3) is 3.40. The van der Waals surface area contributed by atoms with E-state index in [1.807, 2.05) is 0 Å². The highest BCUT2D eigenvalue weighted by atomic mass is 35.5. The second-order valence-corrected chi connectivity index (χ2v) is 4.01. The number of hydrogen-bond acceptors (Lipinski definition) is 4. The fourth-order valence-corrected chi connectivity index (χ4v) is 1.67. The van der Waals surface area contributed by atoms with Gasteiger partial charge in [0.1, 0.15) is 17.2 Å². The molecule has 4 nitrogen and oxygen atoms in total. The number of rotatable bonds is 1. The fourth-order valence-electron chi connectivity index (χ4n) is 1.67. The van der Waals surface area contributed by atoms with Gasteiger partial charge in [0.25, 0.3) is 0 Å². The summed E-state index contributed by atoms with van der Waals surface area (Å²) in [7, 11) is 0. The van der Waals surface area contributed by atoms with E-state index in [1.54, 1.807) is 30.3 Å². The largest absolute Gasteiger partial charge is 0.509 e. The van der Waals surface area contributed by atoms with Crippen LogP contribution in [0, 0.1) is 0 Å². The number of allylic oxidation sites excluding steroid dienone is 2. The van der Waals surface area contributed by atoms with Crippen LogP contribution < -0.4 is 11.5 Å². The minimum absolute atomic E-state index is 0. The number of halogens is 2. The van der Waals surface area contributed by atoms with Crippen LogP contribution in [-0.2, 0) is 0 Å². The van der Waals surface area contributed by atoms with Crippen LogP contribution in [0.4, 0.5) is 0 Å². The molecule has 6 heteroatoms. The van der Waals surface area contributed by atoms with Crippen LogP contribution in [-0.4, -0.2) is 15.9 Å². The van der Waals surface area contributed by atoms with Gasteiger partial charge in [-0.1, -0.05) is 18.2 Å². The van der Waals surface area contributed by atoms with Crippen LogP contribution in [0.3, 0.4) is 0 Å². The standard InChI is InChI=1S/C12H14N2O2.2ClH/c13-12(14)7-9(3-6-11(12)16)8-1-4-10(15)5-2-8;;/h1-6,15-16H,7,13-14H2;2*1H. The van der Waals surface area contributed by atoms with Crippen molar-refractivity contribution in [2.75, 3.05) is 0 Å². The van der Waals surface area contributed by atoms with E-state index in [4.69, 9.17) is 11.5 Å². The van der Waals surface area contributed by atoms with Crippen molar-refractivity contribution in [3.8, 4) is 5.75 Å². The van der Waals surface area contributed by atoms with Gasteiger partial charge in [0.05, 0.1) is 0 Å². The maximum Gasteiger partial charge on any atom is 0.127 e. The molecule has 2 rings (SSSR count). The van der Waals surface area contributed by atoms with E-state index < -0.39 is 5.66 Å². The molecule has 6 N–H and O–H groups in total. The van der Waals surface area contributed by atoms with E-state index in [0.717, 1.165) is 11.1 Å². The maximum absolute atomic E-state index is 9.47. The number of phenols is 1. The smallest absolute Gasteiger partial charge is 0.127 e. The minimum Gasteiger partial charge on any atom is -0.509 e. The van der Waals surface area contributed by atoms with Gasteiger partial charge in [-0.3, -0.25) is 0 Å². The zero-order valence-corrected chi connectivity index (χ0v) is 11.2. The van der Waals surface area contributed by atoms with Crippen LogP contribution in [0.15, 0.2) is 42.2 Å². The van der Waals surface area contributed by atoms with Crippen molar-refractivity contribution >= 4 is 30.4 Å². The van der Waals surface area contributed by atoms with E-state index in [9.17, 15) is 10.2 Å². The second-order valence-electron chi connectivity index (χ2n) is 4.01. The molecule has 18 heavy (non-hydrogen) atoms. The van der Waals surface area contributed by atoms with E-state index in [2.05, 4.69) is 0 Å². The van der Waals surface area contributed by atoms with Gasteiger partial charge in [-0.2, -0.15) is 0 Å². The molecule has 0 atom stereocenters. The Bertz CT molecular complexity index is 467. The molecule has 0 aliphatic heterocycles. The highest BCUT2D eigenvalue weighted by Crippen LogP contribution is 2.29. The Morgan fingerprint density at radius 3 is 2.00 bits per heavy atom. The molecule has 0 heterocycles. The van der Waals surface area contributed by atoms with Gasteiger partial charge in [0.15, 0.2) is 0 Å². The lowest BCUT2D eigenvalue weighted by Crippen LogP contribution is -2.52. The van der Waals surface area contributed by atoms with Crippen molar-refractivity contribution in [1.82, 2.24) is 0 Å². The second kappa shape index (κ2) is 6.11. The number of aliphatic hydroxyl groups is 1. The lowest BCUT2D eigenvalue weighted by molar-refractivity contribution is 0.299. The third-order valence-electron chi connectivity index (χ3n) is 2.64. The topological polar surface area (TPSA) is 92.5 Å². The van der Waals surface area contributed by atoms with Gasteiger partial charge in [-0.15, -0.1) is 24.8 Å². The van der Waals surface area contributed by atoms with Crippen LogP contribution in [0.1, 0.15) is 12.0 Å². The van der Waals surface area contributed by atoms with Gasteiger partial charge in [0.2, 0.25) is 0 Å². The Kier molecular flexibility index (Phi) is 5.70. The van der Waals surface area contributed by atoms with E-state index >= 15 is 0 Å². The molecule has 0 radical (unpaired) electrons. The molecule has 0 unspecified atom stereocenters. The van der Waals surface area contributed by atoms with E-state index in [0.29, 0.717) is 6.42 Å². The number of benzene rings is 1. The first-order valence-electron chi connectivity index (χ1n) is 4.96. The first kappa shape index (κ1) is 16.8. The lowest BCUT2D eigenvalue weighted by atomic mass is 9.89. The summed E-state index contributed by atoms with van der Waals surface area (Å²) in [6, 6.07) is 6.77. The van der Waals surface area contributed by atoms with Gasteiger partial charge in [0, 0.05) is 6.42 Å². The van der Waals surface area contributed by atoms with Crippen molar-refractivity contribution in [1.29, 1.82) is 0 Å². The highest BCUT2D eigenvalue weighted by molar-refractivity contribution is 5.85. The van der Waals surface area contributed by atoms with Crippen molar-refractivity contribution < 1.29 is 10.2 Å². The number of phenolic OH excluding ortho intramolecular Hbond substituents is 1. The van der Waals surface area contributed by atoms with Crippen LogP contribution in [0.2, 0.25) is 0 Å². The summed E-state index contributed by atoms with van der Waals surface area (Å²) in [5.41, 5.74) is 12.2. The average Bonchev–Trinajstić information content (AvgIpc) is 2.23. The van der Waals surface area contributed by atoms with Gasteiger partial charge >= 0.3 is 0 Å². The normalized spacial score (nSPS) is 16.8. The SMILES string of the molecule is Cl.Cl.NC1(N)CC(c2ccc(O)cc2)=CC=C1O. The molecule has 0 bridgehead atoms. The summed E-state index contributed by atoms with van der Waals surface area (Å²) in [4.78, 5) is 0. The molecule has 100 valence electrons. The Morgan fingerprint density at radius 1 is 0.944 bits per heavy atom. The van der Waals surface area contributed by atoms with Gasteiger partial charge in [-0.25, -0.2) is 0 Å². The molecule has 1 aromatic carbocycles.